The van der Waals surface area contributed by atoms with E-state index in [9.17, 15) is 4.79 Å². The number of ketones is 1. The number of rotatable bonds is 3. The highest BCUT2D eigenvalue weighted by Gasteiger charge is 2.26. The van der Waals surface area contributed by atoms with E-state index in [1.54, 1.807) is 11.3 Å². The van der Waals surface area contributed by atoms with Crippen LogP contribution in [0.1, 0.15) is 48.0 Å². The number of hydrogen-bond donors (Lipinski definition) is 0. The number of Topliss-reactive ketones (excluding diaryl/α,β-unsaturated/α-hetero) is 1. The Bertz CT molecular complexity index is 464. The number of ether oxygens (including phenoxy) is 1. The van der Waals surface area contributed by atoms with Crippen LogP contribution in [0.25, 0.3) is 0 Å². The third-order valence-electron chi connectivity index (χ3n) is 3.87. The van der Waals surface area contributed by atoms with E-state index in [0.717, 1.165) is 56.2 Å². The molecule has 0 spiro atoms. The van der Waals surface area contributed by atoms with E-state index < -0.39 is 0 Å². The molecule has 19 heavy (non-hydrogen) atoms. The number of piperidine rings is 1. The lowest BCUT2D eigenvalue weighted by atomic mass is 10.0. The standard InChI is InChI=1S/C14H20N2O2S/c1-2-18-10-6-8-16(9-7-10)14-15-13-11(17)4-3-5-12(13)19-14/h10H,2-9H2,1H3. The second-order valence-electron chi connectivity index (χ2n) is 5.19. The summed E-state index contributed by atoms with van der Waals surface area (Å²) < 4.78 is 5.67. The van der Waals surface area contributed by atoms with Crippen LogP contribution in [0.5, 0.6) is 0 Å². The van der Waals surface area contributed by atoms with Crippen LogP contribution >= 0.6 is 11.3 Å². The van der Waals surface area contributed by atoms with Crippen molar-refractivity contribution < 1.29 is 9.53 Å². The Labute approximate surface area is 117 Å². The van der Waals surface area contributed by atoms with Gasteiger partial charge in [0, 0.05) is 31.0 Å². The molecule has 0 unspecified atom stereocenters. The van der Waals surface area contributed by atoms with Crippen molar-refractivity contribution in [2.75, 3.05) is 24.6 Å². The van der Waals surface area contributed by atoms with Gasteiger partial charge in [0.05, 0.1) is 6.10 Å². The first kappa shape index (κ1) is 13.1. The van der Waals surface area contributed by atoms with Crippen LogP contribution in [0.2, 0.25) is 0 Å². The zero-order valence-corrected chi connectivity index (χ0v) is 12.2. The molecule has 0 saturated carbocycles. The highest BCUT2D eigenvalue weighted by Crippen LogP contribution is 2.33. The van der Waals surface area contributed by atoms with Gasteiger partial charge in [0.25, 0.3) is 0 Å². The van der Waals surface area contributed by atoms with Crippen molar-refractivity contribution in [2.45, 2.75) is 45.1 Å². The van der Waals surface area contributed by atoms with Gasteiger partial charge in [0.2, 0.25) is 0 Å². The Morgan fingerprint density at radius 2 is 2.16 bits per heavy atom. The smallest absolute Gasteiger partial charge is 0.186 e. The largest absolute Gasteiger partial charge is 0.378 e. The fourth-order valence-electron chi connectivity index (χ4n) is 2.84. The molecule has 2 aliphatic rings. The van der Waals surface area contributed by atoms with Gasteiger partial charge in [0.1, 0.15) is 5.69 Å². The molecule has 0 radical (unpaired) electrons. The number of aryl methyl sites for hydroxylation is 1. The SMILES string of the molecule is CCOC1CCN(c2nc3c(s2)CCCC3=O)CC1. The quantitative estimate of drug-likeness (QED) is 0.853. The number of carbonyl (C=O) groups excluding carboxylic acids is 1. The van der Waals surface area contributed by atoms with Gasteiger partial charge >= 0.3 is 0 Å². The number of nitrogens with zero attached hydrogens (tertiary/aromatic N) is 2. The molecule has 5 heteroatoms. The van der Waals surface area contributed by atoms with E-state index in [1.807, 2.05) is 6.92 Å². The molecule has 0 aromatic carbocycles. The highest BCUT2D eigenvalue weighted by atomic mass is 32.1. The first-order valence-electron chi connectivity index (χ1n) is 7.17. The van der Waals surface area contributed by atoms with E-state index in [2.05, 4.69) is 9.88 Å². The van der Waals surface area contributed by atoms with Gasteiger partial charge in [0.15, 0.2) is 10.9 Å². The molecule has 4 nitrogen and oxygen atoms in total. The summed E-state index contributed by atoms with van der Waals surface area (Å²) in [6.45, 7) is 4.83. The van der Waals surface area contributed by atoms with E-state index in [1.165, 1.54) is 4.88 Å². The van der Waals surface area contributed by atoms with Crippen LogP contribution in [-0.2, 0) is 11.2 Å². The van der Waals surface area contributed by atoms with Gasteiger partial charge in [-0.25, -0.2) is 4.98 Å². The molecule has 1 aromatic rings. The molecule has 1 aromatic heterocycles. The van der Waals surface area contributed by atoms with Crippen LogP contribution in [-0.4, -0.2) is 36.6 Å². The predicted molar refractivity (Wildman–Crippen MR) is 76.2 cm³/mol. The Kier molecular flexibility index (Phi) is 3.84. The van der Waals surface area contributed by atoms with Crippen LogP contribution in [0, 0.1) is 0 Å². The van der Waals surface area contributed by atoms with Crippen molar-refractivity contribution in [1.29, 1.82) is 0 Å². The van der Waals surface area contributed by atoms with Crippen LogP contribution in [0.15, 0.2) is 0 Å². The predicted octanol–water partition coefficient (Wildman–Crippen LogP) is 2.67. The lowest BCUT2D eigenvalue weighted by Gasteiger charge is -2.31. The fourth-order valence-corrected chi connectivity index (χ4v) is 4.01. The summed E-state index contributed by atoms with van der Waals surface area (Å²) in [7, 11) is 0. The summed E-state index contributed by atoms with van der Waals surface area (Å²) >= 11 is 1.71. The van der Waals surface area contributed by atoms with Crippen molar-refractivity contribution in [2.24, 2.45) is 0 Å². The van der Waals surface area contributed by atoms with E-state index in [0.29, 0.717) is 12.5 Å². The van der Waals surface area contributed by atoms with E-state index in [4.69, 9.17) is 4.74 Å². The topological polar surface area (TPSA) is 42.4 Å². The summed E-state index contributed by atoms with van der Waals surface area (Å²) in [5, 5.41) is 1.04. The maximum absolute atomic E-state index is 11.8. The first-order chi connectivity index (χ1) is 9.28. The Hall–Kier alpha value is -0.940. The average molecular weight is 280 g/mol. The zero-order valence-electron chi connectivity index (χ0n) is 11.4. The lowest BCUT2D eigenvalue weighted by Crippen LogP contribution is -2.37. The molecule has 1 saturated heterocycles. The number of thiazole rings is 1. The van der Waals surface area contributed by atoms with Crippen molar-refractivity contribution in [1.82, 2.24) is 4.98 Å². The Balaban J connectivity index is 1.69. The molecule has 1 fully saturated rings. The second kappa shape index (κ2) is 5.59. The molecular formula is C14H20N2O2S. The summed E-state index contributed by atoms with van der Waals surface area (Å²) in [6, 6.07) is 0. The maximum Gasteiger partial charge on any atom is 0.186 e. The Morgan fingerprint density at radius 3 is 2.84 bits per heavy atom. The molecular weight excluding hydrogens is 260 g/mol. The molecule has 2 heterocycles. The van der Waals surface area contributed by atoms with Gasteiger partial charge in [-0.3, -0.25) is 4.79 Å². The second-order valence-corrected chi connectivity index (χ2v) is 6.25. The third kappa shape index (κ3) is 2.67. The van der Waals surface area contributed by atoms with Crippen LogP contribution in [0.3, 0.4) is 0 Å². The van der Waals surface area contributed by atoms with Gasteiger partial charge in [-0.15, -0.1) is 11.3 Å². The number of fused-ring (bicyclic) bond motifs is 1. The lowest BCUT2D eigenvalue weighted by molar-refractivity contribution is 0.0459. The minimum Gasteiger partial charge on any atom is -0.378 e. The van der Waals surface area contributed by atoms with E-state index in [-0.39, 0.29) is 5.78 Å². The van der Waals surface area contributed by atoms with Crippen LogP contribution in [0.4, 0.5) is 5.13 Å². The zero-order chi connectivity index (χ0) is 13.2. The minimum absolute atomic E-state index is 0.230. The number of anilines is 1. The van der Waals surface area contributed by atoms with Crippen molar-refractivity contribution in [3.05, 3.63) is 10.6 Å². The van der Waals surface area contributed by atoms with Gasteiger partial charge in [-0.1, -0.05) is 0 Å². The maximum atomic E-state index is 11.8. The monoisotopic (exact) mass is 280 g/mol. The molecule has 0 amide bonds. The normalized spacial score (nSPS) is 20.7. The molecule has 104 valence electrons. The fraction of sp³-hybridized carbons (Fsp3) is 0.714. The molecule has 1 aliphatic heterocycles. The summed E-state index contributed by atoms with van der Waals surface area (Å²) in [4.78, 5) is 19.9. The molecule has 0 N–H and O–H groups in total. The summed E-state index contributed by atoms with van der Waals surface area (Å²) in [5.41, 5.74) is 0.748. The minimum atomic E-state index is 0.230. The van der Waals surface area contributed by atoms with E-state index >= 15 is 0 Å². The number of hydrogen-bond acceptors (Lipinski definition) is 5. The van der Waals surface area contributed by atoms with Crippen molar-refractivity contribution in [3.63, 3.8) is 0 Å². The number of carbonyl (C=O) groups is 1. The average Bonchev–Trinajstić information content (AvgIpc) is 2.85. The molecule has 0 bridgehead atoms. The van der Waals surface area contributed by atoms with Crippen molar-refractivity contribution >= 4 is 22.3 Å². The van der Waals surface area contributed by atoms with Crippen molar-refractivity contribution in [3.8, 4) is 0 Å². The molecule has 1 aliphatic carbocycles. The van der Waals surface area contributed by atoms with Gasteiger partial charge in [-0.2, -0.15) is 0 Å². The first-order valence-corrected chi connectivity index (χ1v) is 7.99. The summed E-state index contributed by atoms with van der Waals surface area (Å²) in [6.07, 6.45) is 5.20. The van der Waals surface area contributed by atoms with Gasteiger partial charge in [-0.05, 0) is 32.6 Å². The summed E-state index contributed by atoms with van der Waals surface area (Å²) in [5.74, 6) is 0.230. The number of aromatic nitrogens is 1. The molecule has 3 rings (SSSR count). The van der Waals surface area contributed by atoms with Gasteiger partial charge < -0.3 is 9.64 Å². The molecule has 0 atom stereocenters. The van der Waals surface area contributed by atoms with Crippen LogP contribution < -0.4 is 4.90 Å². The third-order valence-corrected chi connectivity index (χ3v) is 5.05. The Morgan fingerprint density at radius 1 is 1.37 bits per heavy atom. The highest BCUT2D eigenvalue weighted by molar-refractivity contribution is 7.16.